The van der Waals surface area contributed by atoms with Crippen molar-refractivity contribution in [3.63, 3.8) is 0 Å². The first-order valence-electron chi connectivity index (χ1n) is 8.56. The number of carbonyl (C=O) groups is 2. The number of aryl methyl sites for hydroxylation is 2. The summed E-state index contributed by atoms with van der Waals surface area (Å²) in [6.45, 7) is 10.1. The molecule has 2 N–H and O–H groups in total. The zero-order valence-corrected chi connectivity index (χ0v) is 16.0. The second-order valence-electron chi connectivity index (χ2n) is 7.44. The van der Waals surface area contributed by atoms with Crippen LogP contribution >= 0.6 is 0 Å². The summed E-state index contributed by atoms with van der Waals surface area (Å²) in [7, 11) is 0. The van der Waals surface area contributed by atoms with E-state index in [4.69, 9.17) is 4.74 Å². The summed E-state index contributed by atoms with van der Waals surface area (Å²) in [5, 5.41) is 0. The molecule has 26 heavy (non-hydrogen) atoms. The maximum Gasteiger partial charge on any atom is 0.276 e. The number of carbonyl (C=O) groups excluding carboxylic acids is 2. The monoisotopic (exact) mass is 354 g/mol. The molecule has 0 bridgehead atoms. The van der Waals surface area contributed by atoms with Crippen LogP contribution in [-0.4, -0.2) is 18.4 Å². The first-order valence-corrected chi connectivity index (χ1v) is 8.56. The molecule has 0 aromatic heterocycles. The van der Waals surface area contributed by atoms with Crippen molar-refractivity contribution in [3.05, 3.63) is 64.7 Å². The SMILES string of the molecule is Cc1cc(C)cc(OCC(=O)NNC(=O)c2ccc(C(C)(C)C)cc2)c1. The zero-order chi connectivity index (χ0) is 19.3. The third kappa shape index (κ3) is 5.62. The highest BCUT2D eigenvalue weighted by Crippen LogP contribution is 2.22. The summed E-state index contributed by atoms with van der Waals surface area (Å²) >= 11 is 0. The van der Waals surface area contributed by atoms with Gasteiger partial charge in [0.15, 0.2) is 6.61 Å². The minimum atomic E-state index is -0.427. The topological polar surface area (TPSA) is 67.4 Å². The van der Waals surface area contributed by atoms with Crippen LogP contribution < -0.4 is 15.6 Å². The predicted octanol–water partition coefficient (Wildman–Crippen LogP) is 3.44. The first kappa shape index (κ1) is 19.5. The maximum atomic E-state index is 12.1. The van der Waals surface area contributed by atoms with Crippen LogP contribution in [0.4, 0.5) is 0 Å². The highest BCUT2D eigenvalue weighted by atomic mass is 16.5. The van der Waals surface area contributed by atoms with Gasteiger partial charge >= 0.3 is 0 Å². The van der Waals surface area contributed by atoms with Gasteiger partial charge in [0, 0.05) is 5.56 Å². The smallest absolute Gasteiger partial charge is 0.276 e. The fraction of sp³-hybridized carbons (Fsp3) is 0.333. The molecule has 2 aromatic rings. The molecule has 0 aliphatic carbocycles. The third-order valence-electron chi connectivity index (χ3n) is 3.89. The van der Waals surface area contributed by atoms with Crippen LogP contribution in [0.2, 0.25) is 0 Å². The molecule has 0 saturated heterocycles. The van der Waals surface area contributed by atoms with Crippen molar-refractivity contribution in [1.29, 1.82) is 0 Å². The standard InChI is InChI=1S/C21H26N2O3/c1-14-10-15(2)12-18(11-14)26-13-19(24)22-23-20(25)16-6-8-17(9-7-16)21(3,4)5/h6-12H,13H2,1-5H3,(H,22,24)(H,23,25). The van der Waals surface area contributed by atoms with Gasteiger partial charge in [0.25, 0.3) is 11.8 Å². The molecule has 0 fully saturated rings. The molecule has 2 amide bonds. The Bertz CT molecular complexity index is 770. The molecule has 0 aliphatic rings. The lowest BCUT2D eigenvalue weighted by Crippen LogP contribution is -2.43. The van der Waals surface area contributed by atoms with Crippen molar-refractivity contribution in [2.45, 2.75) is 40.0 Å². The quantitative estimate of drug-likeness (QED) is 0.827. The summed E-state index contributed by atoms with van der Waals surface area (Å²) in [5.41, 5.74) is 8.53. The highest BCUT2D eigenvalue weighted by Gasteiger charge is 2.14. The minimum absolute atomic E-state index is 0.0225. The van der Waals surface area contributed by atoms with Crippen molar-refractivity contribution >= 4 is 11.8 Å². The largest absolute Gasteiger partial charge is 0.484 e. The van der Waals surface area contributed by atoms with E-state index in [1.807, 2.05) is 44.2 Å². The molecule has 2 rings (SSSR count). The average molecular weight is 354 g/mol. The Morgan fingerprint density at radius 1 is 0.923 bits per heavy atom. The predicted molar refractivity (Wildman–Crippen MR) is 102 cm³/mol. The number of benzene rings is 2. The fourth-order valence-electron chi connectivity index (χ4n) is 2.52. The minimum Gasteiger partial charge on any atom is -0.484 e. The van der Waals surface area contributed by atoms with Gasteiger partial charge in [-0.05, 0) is 60.2 Å². The molecule has 138 valence electrons. The Morgan fingerprint density at radius 2 is 1.50 bits per heavy atom. The van der Waals surface area contributed by atoms with Gasteiger partial charge in [0.1, 0.15) is 5.75 Å². The van der Waals surface area contributed by atoms with Gasteiger partial charge in [-0.15, -0.1) is 0 Å². The summed E-state index contributed by atoms with van der Waals surface area (Å²) in [4.78, 5) is 24.0. The Labute approximate surface area is 154 Å². The molecule has 5 nitrogen and oxygen atoms in total. The third-order valence-corrected chi connectivity index (χ3v) is 3.89. The van der Waals surface area contributed by atoms with E-state index in [0.29, 0.717) is 11.3 Å². The van der Waals surface area contributed by atoms with Crippen molar-refractivity contribution in [2.75, 3.05) is 6.61 Å². The number of hydrazine groups is 1. The summed E-state index contributed by atoms with van der Waals surface area (Å²) < 4.78 is 5.46. The van der Waals surface area contributed by atoms with Crippen LogP contribution in [0.25, 0.3) is 0 Å². The van der Waals surface area contributed by atoms with Crippen molar-refractivity contribution in [2.24, 2.45) is 0 Å². The summed E-state index contributed by atoms with van der Waals surface area (Å²) in [6, 6.07) is 13.1. The van der Waals surface area contributed by atoms with Crippen LogP contribution in [0.1, 0.15) is 47.8 Å². The van der Waals surface area contributed by atoms with Crippen molar-refractivity contribution in [1.82, 2.24) is 10.9 Å². The van der Waals surface area contributed by atoms with Gasteiger partial charge in [-0.1, -0.05) is 39.0 Å². The lowest BCUT2D eigenvalue weighted by molar-refractivity contribution is -0.123. The second-order valence-corrected chi connectivity index (χ2v) is 7.44. The number of hydrogen-bond acceptors (Lipinski definition) is 3. The lowest BCUT2D eigenvalue weighted by Gasteiger charge is -2.19. The van der Waals surface area contributed by atoms with E-state index >= 15 is 0 Å². The Hall–Kier alpha value is -2.82. The molecular weight excluding hydrogens is 328 g/mol. The number of nitrogens with one attached hydrogen (secondary N) is 2. The van der Waals surface area contributed by atoms with Crippen LogP contribution in [0.5, 0.6) is 5.75 Å². The Balaban J connectivity index is 1.84. The number of amides is 2. The van der Waals surface area contributed by atoms with Gasteiger partial charge in [-0.25, -0.2) is 0 Å². The molecule has 0 spiro atoms. The fourth-order valence-corrected chi connectivity index (χ4v) is 2.52. The van der Waals surface area contributed by atoms with Gasteiger partial charge in [-0.2, -0.15) is 0 Å². The Morgan fingerprint density at radius 3 is 2.04 bits per heavy atom. The van der Waals surface area contributed by atoms with E-state index in [9.17, 15) is 9.59 Å². The summed E-state index contributed by atoms with van der Waals surface area (Å²) in [6.07, 6.45) is 0. The van der Waals surface area contributed by atoms with E-state index in [-0.39, 0.29) is 17.9 Å². The molecule has 0 aliphatic heterocycles. The number of ether oxygens (including phenoxy) is 1. The molecule has 0 unspecified atom stereocenters. The zero-order valence-electron chi connectivity index (χ0n) is 16.0. The van der Waals surface area contributed by atoms with Crippen LogP contribution in [0.3, 0.4) is 0 Å². The van der Waals surface area contributed by atoms with Gasteiger partial charge in [0.2, 0.25) is 0 Å². The van der Waals surface area contributed by atoms with Crippen LogP contribution in [-0.2, 0) is 10.2 Å². The van der Waals surface area contributed by atoms with Gasteiger partial charge < -0.3 is 4.74 Å². The van der Waals surface area contributed by atoms with E-state index in [0.717, 1.165) is 16.7 Å². The number of rotatable bonds is 4. The molecule has 0 saturated carbocycles. The molecule has 0 heterocycles. The average Bonchev–Trinajstić information content (AvgIpc) is 2.56. The van der Waals surface area contributed by atoms with Gasteiger partial charge in [-0.3, -0.25) is 20.4 Å². The van der Waals surface area contributed by atoms with E-state index in [1.165, 1.54) is 0 Å². The maximum absolute atomic E-state index is 12.1. The van der Waals surface area contributed by atoms with Crippen molar-refractivity contribution in [3.8, 4) is 5.75 Å². The normalized spacial score (nSPS) is 11.0. The van der Waals surface area contributed by atoms with E-state index in [2.05, 4.69) is 31.6 Å². The van der Waals surface area contributed by atoms with E-state index in [1.54, 1.807) is 12.1 Å². The van der Waals surface area contributed by atoms with E-state index < -0.39 is 5.91 Å². The first-order chi connectivity index (χ1) is 12.1. The molecule has 5 heteroatoms. The highest BCUT2D eigenvalue weighted by molar-refractivity contribution is 5.95. The summed E-state index contributed by atoms with van der Waals surface area (Å²) in [5.74, 6) is -0.171. The van der Waals surface area contributed by atoms with Crippen LogP contribution in [0, 0.1) is 13.8 Å². The second kappa shape index (κ2) is 8.04. The molecule has 0 atom stereocenters. The van der Waals surface area contributed by atoms with Crippen molar-refractivity contribution < 1.29 is 14.3 Å². The molecular formula is C21H26N2O3. The lowest BCUT2D eigenvalue weighted by atomic mass is 9.87. The number of hydrogen-bond donors (Lipinski definition) is 2. The Kier molecular flexibility index (Phi) is 6.03. The molecule has 0 radical (unpaired) electrons. The molecule has 2 aromatic carbocycles. The van der Waals surface area contributed by atoms with Crippen LogP contribution in [0.15, 0.2) is 42.5 Å². The van der Waals surface area contributed by atoms with Gasteiger partial charge in [0.05, 0.1) is 0 Å².